The van der Waals surface area contributed by atoms with Gasteiger partial charge in [-0.15, -0.1) is 0 Å². The van der Waals surface area contributed by atoms with Crippen molar-refractivity contribution in [2.75, 3.05) is 6.54 Å². The summed E-state index contributed by atoms with van der Waals surface area (Å²) in [5.41, 5.74) is 6.31. The number of hydrogen-bond donors (Lipinski definition) is 2. The predicted octanol–water partition coefficient (Wildman–Crippen LogP) is 1.02. The minimum absolute atomic E-state index is 0.267. The number of benzene rings is 1. The first-order chi connectivity index (χ1) is 5.83. The van der Waals surface area contributed by atoms with E-state index in [1.807, 2.05) is 36.4 Å². The van der Waals surface area contributed by atoms with Crippen LogP contribution in [0.15, 0.2) is 36.4 Å². The number of aliphatic hydroxyl groups is 1. The van der Waals surface area contributed by atoms with E-state index >= 15 is 0 Å². The molecule has 3 N–H and O–H groups in total. The Balaban J connectivity index is 2.58. The highest BCUT2D eigenvalue weighted by Crippen LogP contribution is 2.01. The Hall–Kier alpha value is -1.12. The molecule has 0 saturated carbocycles. The molecular formula is C10H13NO. The molecule has 0 aliphatic carbocycles. The number of nitrogens with two attached hydrogens (primary N) is 1. The van der Waals surface area contributed by atoms with Gasteiger partial charge in [0.2, 0.25) is 0 Å². The van der Waals surface area contributed by atoms with Crippen LogP contribution in [-0.2, 0) is 0 Å². The first-order valence-electron chi connectivity index (χ1n) is 3.94. The Labute approximate surface area is 72.3 Å². The summed E-state index contributed by atoms with van der Waals surface area (Å²) in [5, 5.41) is 9.11. The summed E-state index contributed by atoms with van der Waals surface area (Å²) in [7, 11) is 0. The van der Waals surface area contributed by atoms with Gasteiger partial charge in [-0.1, -0.05) is 42.5 Å². The molecule has 1 aromatic rings. The molecule has 0 amide bonds. The average molecular weight is 163 g/mol. The molecule has 0 heterocycles. The van der Waals surface area contributed by atoms with Crippen LogP contribution < -0.4 is 5.73 Å². The molecule has 1 atom stereocenters. The molecule has 0 spiro atoms. The molecule has 0 aliphatic heterocycles. The van der Waals surface area contributed by atoms with Crippen molar-refractivity contribution in [1.82, 2.24) is 0 Å². The lowest BCUT2D eigenvalue weighted by atomic mass is 10.2. The summed E-state index contributed by atoms with van der Waals surface area (Å²) in [6.07, 6.45) is 3.01. The molecule has 0 aliphatic rings. The lowest BCUT2D eigenvalue weighted by Crippen LogP contribution is -2.16. The molecule has 0 radical (unpaired) electrons. The zero-order chi connectivity index (χ0) is 8.81. The van der Waals surface area contributed by atoms with E-state index < -0.39 is 6.10 Å². The van der Waals surface area contributed by atoms with Gasteiger partial charge in [0.25, 0.3) is 0 Å². The summed E-state index contributed by atoms with van der Waals surface area (Å²) in [6, 6.07) is 9.80. The Morgan fingerprint density at radius 3 is 2.58 bits per heavy atom. The Morgan fingerprint density at radius 2 is 2.00 bits per heavy atom. The highest BCUT2D eigenvalue weighted by atomic mass is 16.3. The van der Waals surface area contributed by atoms with Crippen LogP contribution in [0, 0.1) is 0 Å². The van der Waals surface area contributed by atoms with Gasteiger partial charge in [-0.3, -0.25) is 0 Å². The highest BCUT2D eigenvalue weighted by Gasteiger charge is 1.91. The van der Waals surface area contributed by atoms with Gasteiger partial charge in [0.05, 0.1) is 6.10 Å². The van der Waals surface area contributed by atoms with Crippen LogP contribution in [0.25, 0.3) is 6.08 Å². The van der Waals surface area contributed by atoms with Crippen LogP contribution in [0.5, 0.6) is 0 Å². The van der Waals surface area contributed by atoms with Crippen LogP contribution in [-0.4, -0.2) is 17.8 Å². The van der Waals surface area contributed by atoms with Gasteiger partial charge in [0, 0.05) is 6.54 Å². The maximum absolute atomic E-state index is 9.11. The van der Waals surface area contributed by atoms with E-state index in [0.29, 0.717) is 0 Å². The van der Waals surface area contributed by atoms with Gasteiger partial charge in [-0.05, 0) is 5.56 Å². The zero-order valence-corrected chi connectivity index (χ0v) is 6.85. The van der Waals surface area contributed by atoms with Crippen molar-refractivity contribution in [3.8, 4) is 0 Å². The van der Waals surface area contributed by atoms with E-state index in [4.69, 9.17) is 10.8 Å². The second-order valence-corrected chi connectivity index (χ2v) is 2.57. The predicted molar refractivity (Wildman–Crippen MR) is 50.5 cm³/mol. The average Bonchev–Trinajstić information content (AvgIpc) is 2.16. The molecule has 64 valence electrons. The van der Waals surface area contributed by atoms with E-state index in [1.165, 1.54) is 0 Å². The van der Waals surface area contributed by atoms with Crippen molar-refractivity contribution >= 4 is 6.08 Å². The van der Waals surface area contributed by atoms with Gasteiger partial charge in [0.1, 0.15) is 0 Å². The monoisotopic (exact) mass is 163 g/mol. The van der Waals surface area contributed by atoms with Crippen molar-refractivity contribution in [3.05, 3.63) is 42.0 Å². The normalized spacial score (nSPS) is 13.5. The molecule has 12 heavy (non-hydrogen) atoms. The molecule has 0 bridgehead atoms. The van der Waals surface area contributed by atoms with Crippen molar-refractivity contribution in [3.63, 3.8) is 0 Å². The van der Waals surface area contributed by atoms with Crippen molar-refractivity contribution in [2.24, 2.45) is 5.73 Å². The number of rotatable bonds is 3. The smallest absolute Gasteiger partial charge is 0.0846 e. The van der Waals surface area contributed by atoms with Gasteiger partial charge in [-0.2, -0.15) is 0 Å². The lowest BCUT2D eigenvalue weighted by molar-refractivity contribution is 0.232. The molecule has 0 saturated heterocycles. The first kappa shape index (κ1) is 8.97. The summed E-state index contributed by atoms with van der Waals surface area (Å²) in [4.78, 5) is 0. The molecule has 0 aromatic heterocycles. The minimum Gasteiger partial charge on any atom is -0.388 e. The van der Waals surface area contributed by atoms with Crippen LogP contribution in [0.1, 0.15) is 5.56 Å². The second kappa shape index (κ2) is 4.70. The van der Waals surface area contributed by atoms with Gasteiger partial charge < -0.3 is 10.8 Å². The van der Waals surface area contributed by atoms with Crippen molar-refractivity contribution < 1.29 is 5.11 Å². The van der Waals surface area contributed by atoms with E-state index in [9.17, 15) is 0 Å². The van der Waals surface area contributed by atoms with E-state index in [1.54, 1.807) is 6.08 Å². The fourth-order valence-corrected chi connectivity index (χ4v) is 0.865. The standard InChI is InChI=1S/C10H13NO/c11-8-10(12)7-6-9-4-2-1-3-5-9/h1-7,10,12H,8,11H2/b7-6+/t10-/m1/s1. The summed E-state index contributed by atoms with van der Waals surface area (Å²) in [6.45, 7) is 0.267. The first-order valence-corrected chi connectivity index (χ1v) is 3.94. The number of hydrogen-bond acceptors (Lipinski definition) is 2. The van der Waals surface area contributed by atoms with Gasteiger partial charge in [-0.25, -0.2) is 0 Å². The summed E-state index contributed by atoms with van der Waals surface area (Å²) >= 11 is 0. The summed E-state index contributed by atoms with van der Waals surface area (Å²) < 4.78 is 0. The van der Waals surface area contributed by atoms with Crippen molar-refractivity contribution in [1.29, 1.82) is 0 Å². The van der Waals surface area contributed by atoms with E-state index in [0.717, 1.165) is 5.56 Å². The molecule has 0 fully saturated rings. The maximum atomic E-state index is 9.11. The SMILES string of the molecule is NC[C@H](O)/C=C/c1ccccc1. The fourth-order valence-electron chi connectivity index (χ4n) is 0.865. The van der Waals surface area contributed by atoms with E-state index in [2.05, 4.69) is 0 Å². The Morgan fingerprint density at radius 1 is 1.33 bits per heavy atom. The second-order valence-electron chi connectivity index (χ2n) is 2.57. The van der Waals surface area contributed by atoms with Gasteiger partial charge >= 0.3 is 0 Å². The zero-order valence-electron chi connectivity index (χ0n) is 6.85. The van der Waals surface area contributed by atoms with Crippen LogP contribution >= 0.6 is 0 Å². The maximum Gasteiger partial charge on any atom is 0.0846 e. The topological polar surface area (TPSA) is 46.2 Å². The molecule has 1 rings (SSSR count). The molecule has 1 aromatic carbocycles. The molecular weight excluding hydrogens is 150 g/mol. The third kappa shape index (κ3) is 2.86. The summed E-state index contributed by atoms with van der Waals surface area (Å²) in [5.74, 6) is 0. The highest BCUT2D eigenvalue weighted by molar-refractivity contribution is 5.49. The molecule has 2 heteroatoms. The van der Waals surface area contributed by atoms with Crippen molar-refractivity contribution in [2.45, 2.75) is 6.10 Å². The fraction of sp³-hybridized carbons (Fsp3) is 0.200. The lowest BCUT2D eigenvalue weighted by Gasteiger charge is -1.98. The largest absolute Gasteiger partial charge is 0.388 e. The van der Waals surface area contributed by atoms with Crippen LogP contribution in [0.2, 0.25) is 0 Å². The van der Waals surface area contributed by atoms with Crippen LogP contribution in [0.4, 0.5) is 0 Å². The Kier molecular flexibility index (Phi) is 3.51. The van der Waals surface area contributed by atoms with Gasteiger partial charge in [0.15, 0.2) is 0 Å². The molecule has 2 nitrogen and oxygen atoms in total. The Bertz CT molecular complexity index is 243. The number of aliphatic hydroxyl groups excluding tert-OH is 1. The molecule has 0 unspecified atom stereocenters. The third-order valence-electron chi connectivity index (χ3n) is 1.55. The quantitative estimate of drug-likeness (QED) is 0.698. The van der Waals surface area contributed by atoms with E-state index in [-0.39, 0.29) is 6.54 Å². The minimum atomic E-state index is -0.537. The third-order valence-corrected chi connectivity index (χ3v) is 1.55. The van der Waals surface area contributed by atoms with Crippen LogP contribution in [0.3, 0.4) is 0 Å².